The van der Waals surface area contributed by atoms with Gasteiger partial charge in [0.1, 0.15) is 0 Å². The van der Waals surface area contributed by atoms with Gasteiger partial charge in [0.25, 0.3) is 0 Å². The van der Waals surface area contributed by atoms with Crippen molar-refractivity contribution >= 4 is 27.5 Å². The lowest BCUT2D eigenvalue weighted by molar-refractivity contribution is -0.151. The van der Waals surface area contributed by atoms with Gasteiger partial charge < -0.3 is 14.2 Å². The molecule has 0 aromatic heterocycles. The Morgan fingerprint density at radius 2 is 1.75 bits per heavy atom. The van der Waals surface area contributed by atoms with Crippen LogP contribution < -0.4 is 0 Å². The molecular formula is C31H27NO4. The Bertz CT molecular complexity index is 1540. The predicted octanol–water partition coefficient (Wildman–Crippen LogP) is 4.73. The van der Waals surface area contributed by atoms with Crippen LogP contribution in [0.25, 0.3) is 21.5 Å². The largest absolute Gasteiger partial charge is 0.449 e. The van der Waals surface area contributed by atoms with Gasteiger partial charge in [0.15, 0.2) is 11.9 Å². The third kappa shape index (κ3) is 2.99. The summed E-state index contributed by atoms with van der Waals surface area (Å²) in [5.41, 5.74) is 2.18. The van der Waals surface area contributed by atoms with E-state index in [9.17, 15) is 4.79 Å². The van der Waals surface area contributed by atoms with Crippen molar-refractivity contribution in [2.24, 2.45) is 0 Å². The number of ether oxygens (including phenoxy) is 3. The fourth-order valence-corrected chi connectivity index (χ4v) is 7.09. The number of hydrogen-bond acceptors (Lipinski definition) is 5. The van der Waals surface area contributed by atoms with E-state index in [1.807, 2.05) is 0 Å². The first-order chi connectivity index (χ1) is 17.6. The molecular weight excluding hydrogens is 450 g/mol. The summed E-state index contributed by atoms with van der Waals surface area (Å²) >= 11 is 0. The molecule has 5 heteroatoms. The molecule has 1 spiro atoms. The molecule has 4 aliphatic rings. The number of benzene rings is 3. The maximum absolute atomic E-state index is 12.6. The van der Waals surface area contributed by atoms with Crippen molar-refractivity contribution in [3.63, 3.8) is 0 Å². The van der Waals surface area contributed by atoms with Crippen LogP contribution >= 0.6 is 0 Å². The Labute approximate surface area is 210 Å². The highest BCUT2D eigenvalue weighted by atomic mass is 16.7. The van der Waals surface area contributed by atoms with Crippen molar-refractivity contribution < 1.29 is 19.0 Å². The summed E-state index contributed by atoms with van der Waals surface area (Å²) in [5.74, 6) is 6.67. The number of carbonyl (C=O) groups is 1. The molecule has 0 amide bonds. The topological polar surface area (TPSA) is 48.0 Å². The van der Waals surface area contributed by atoms with Crippen LogP contribution in [0.4, 0.5) is 0 Å². The molecule has 2 bridgehead atoms. The fourth-order valence-electron chi connectivity index (χ4n) is 7.09. The number of nitrogens with zero attached hydrogens (tertiary/aromatic N) is 1. The first kappa shape index (κ1) is 21.8. The van der Waals surface area contributed by atoms with E-state index in [4.69, 9.17) is 14.2 Å². The average Bonchev–Trinajstić information content (AvgIpc) is 3.56. The van der Waals surface area contributed by atoms with E-state index in [0.717, 1.165) is 41.4 Å². The number of methoxy groups -OCH3 is 2. The van der Waals surface area contributed by atoms with Crippen LogP contribution in [0.2, 0.25) is 0 Å². The van der Waals surface area contributed by atoms with Crippen molar-refractivity contribution in [2.75, 3.05) is 14.2 Å². The van der Waals surface area contributed by atoms with Gasteiger partial charge in [-0.1, -0.05) is 66.4 Å². The molecule has 5 nitrogen and oxygen atoms in total. The third-order valence-corrected chi connectivity index (χ3v) is 8.44. The highest BCUT2D eigenvalue weighted by molar-refractivity contribution is 6.10. The van der Waals surface area contributed by atoms with E-state index in [0.29, 0.717) is 0 Å². The molecule has 7 rings (SSSR count). The minimum Gasteiger partial charge on any atom is -0.449 e. The highest BCUT2D eigenvalue weighted by Gasteiger charge is 2.65. The second kappa shape index (κ2) is 8.04. The maximum atomic E-state index is 12.6. The highest BCUT2D eigenvalue weighted by Crippen LogP contribution is 2.56. The van der Waals surface area contributed by atoms with Crippen LogP contribution in [0.5, 0.6) is 0 Å². The lowest BCUT2D eigenvalue weighted by atomic mass is 9.77. The molecule has 0 N–H and O–H groups in total. The third-order valence-electron chi connectivity index (χ3n) is 8.44. The van der Waals surface area contributed by atoms with Gasteiger partial charge in [0.05, 0.1) is 12.1 Å². The van der Waals surface area contributed by atoms with Gasteiger partial charge in [0, 0.05) is 49.5 Å². The van der Waals surface area contributed by atoms with E-state index < -0.39 is 5.60 Å². The van der Waals surface area contributed by atoms with Crippen LogP contribution in [0.1, 0.15) is 24.8 Å². The molecule has 4 atom stereocenters. The quantitative estimate of drug-likeness (QED) is 0.236. The summed E-state index contributed by atoms with van der Waals surface area (Å²) in [7, 11) is 3.37. The number of hydrogen-bond donors (Lipinski definition) is 0. The fraction of sp³-hybridized carbons (Fsp3) is 0.323. The Balaban J connectivity index is 1.34. The van der Waals surface area contributed by atoms with E-state index in [1.165, 1.54) is 16.2 Å². The van der Waals surface area contributed by atoms with Gasteiger partial charge in [0.2, 0.25) is 0 Å². The summed E-state index contributed by atoms with van der Waals surface area (Å²) in [5, 5.41) is 4.72. The lowest BCUT2D eigenvalue weighted by Gasteiger charge is -2.33. The zero-order valence-corrected chi connectivity index (χ0v) is 20.4. The summed E-state index contributed by atoms with van der Waals surface area (Å²) in [4.78, 5) is 15.1. The molecule has 3 aliphatic heterocycles. The van der Waals surface area contributed by atoms with Gasteiger partial charge in [-0.25, -0.2) is 4.79 Å². The Morgan fingerprint density at radius 3 is 2.56 bits per heavy atom. The first-order valence-electron chi connectivity index (χ1n) is 12.6. The average molecular weight is 478 g/mol. The molecule has 2 fully saturated rings. The lowest BCUT2D eigenvalue weighted by Crippen LogP contribution is -2.48. The standard InChI is InChI=1S/C31H27NO4/c1-34-30(35-2)27-13-14-28-31-18-22(32(27)28)16-21(26(31)17-29(33)36-31)12-11-20-15-19-7-3-4-8-23(19)25-10-6-5-9-24(20)25/h3-10,15-17,22,27-28,30H,13-14,18H2,1-2H3/t22-,27-,28-,31+/m1/s1. The molecule has 0 unspecified atom stereocenters. The van der Waals surface area contributed by atoms with Crippen molar-refractivity contribution in [3.05, 3.63) is 83.5 Å². The predicted molar refractivity (Wildman–Crippen MR) is 138 cm³/mol. The number of fused-ring (bicyclic) bond motifs is 6. The number of esters is 1. The minimum atomic E-state index is -0.632. The van der Waals surface area contributed by atoms with Crippen LogP contribution in [-0.2, 0) is 19.0 Å². The zero-order chi connectivity index (χ0) is 24.4. The summed E-state index contributed by atoms with van der Waals surface area (Å²) < 4.78 is 17.4. The molecule has 3 aromatic rings. The van der Waals surface area contributed by atoms with Crippen molar-refractivity contribution in [1.82, 2.24) is 4.90 Å². The van der Waals surface area contributed by atoms with Crippen LogP contribution in [0.3, 0.4) is 0 Å². The van der Waals surface area contributed by atoms with Gasteiger partial charge in [-0.3, -0.25) is 4.90 Å². The monoisotopic (exact) mass is 477 g/mol. The molecule has 180 valence electrons. The van der Waals surface area contributed by atoms with Crippen molar-refractivity contribution in [2.45, 2.75) is 49.3 Å². The van der Waals surface area contributed by atoms with E-state index in [-0.39, 0.29) is 30.4 Å². The summed E-state index contributed by atoms with van der Waals surface area (Å²) in [6.45, 7) is 0. The molecule has 3 heterocycles. The first-order valence-corrected chi connectivity index (χ1v) is 12.6. The number of rotatable bonds is 3. The normalized spacial score (nSPS) is 28.5. The maximum Gasteiger partial charge on any atom is 0.332 e. The molecule has 2 saturated heterocycles. The van der Waals surface area contributed by atoms with Crippen molar-refractivity contribution in [3.8, 4) is 11.8 Å². The molecule has 36 heavy (non-hydrogen) atoms. The van der Waals surface area contributed by atoms with Gasteiger partial charge in [-0.05, 0) is 40.5 Å². The molecule has 0 radical (unpaired) electrons. The smallest absolute Gasteiger partial charge is 0.332 e. The second-order valence-corrected chi connectivity index (χ2v) is 10.1. The van der Waals surface area contributed by atoms with Gasteiger partial charge in [-0.2, -0.15) is 0 Å². The number of carbonyl (C=O) groups excluding carboxylic acids is 1. The van der Waals surface area contributed by atoms with Gasteiger partial charge >= 0.3 is 5.97 Å². The Morgan fingerprint density at radius 1 is 1.00 bits per heavy atom. The molecule has 1 aliphatic carbocycles. The van der Waals surface area contributed by atoms with Gasteiger partial charge in [-0.15, -0.1) is 0 Å². The molecule has 3 aromatic carbocycles. The van der Waals surface area contributed by atoms with E-state index in [2.05, 4.69) is 77.4 Å². The van der Waals surface area contributed by atoms with Crippen molar-refractivity contribution in [1.29, 1.82) is 0 Å². The minimum absolute atomic E-state index is 0.107. The van der Waals surface area contributed by atoms with E-state index >= 15 is 0 Å². The van der Waals surface area contributed by atoms with Crippen LogP contribution in [0, 0.1) is 11.8 Å². The van der Waals surface area contributed by atoms with Crippen LogP contribution in [-0.4, -0.2) is 55.1 Å². The SMILES string of the molecule is COC(OC)[C@H]1CC[C@H]2N1[C@@H]1C=C(C#Cc3cc4ccccc4c4ccccc34)C3=CC(=O)O[C@@]32C1. The van der Waals surface area contributed by atoms with Crippen LogP contribution in [0.15, 0.2) is 77.9 Å². The Kier molecular flexibility index (Phi) is 4.87. The Hall–Kier alpha value is -3.43. The summed E-state index contributed by atoms with van der Waals surface area (Å²) in [6, 6.07) is 19.3. The summed E-state index contributed by atoms with van der Waals surface area (Å²) in [6.07, 6.45) is 6.20. The van der Waals surface area contributed by atoms with E-state index in [1.54, 1.807) is 20.3 Å². The second-order valence-electron chi connectivity index (χ2n) is 10.1. The zero-order valence-electron chi connectivity index (χ0n) is 20.4. The molecule has 0 saturated carbocycles.